The predicted molar refractivity (Wildman–Crippen MR) is 77.8 cm³/mol. The van der Waals surface area contributed by atoms with Crippen molar-refractivity contribution in [2.24, 2.45) is 0 Å². The van der Waals surface area contributed by atoms with Crippen molar-refractivity contribution in [1.29, 1.82) is 0 Å². The van der Waals surface area contributed by atoms with E-state index in [2.05, 4.69) is 9.71 Å². The summed E-state index contributed by atoms with van der Waals surface area (Å²) in [6.45, 7) is 0. The van der Waals surface area contributed by atoms with E-state index >= 15 is 0 Å². The average Bonchev–Trinajstić information content (AvgIpc) is 2.40. The molecule has 0 fully saturated rings. The van der Waals surface area contributed by atoms with Gasteiger partial charge in [0.25, 0.3) is 10.0 Å². The average molecular weight is 327 g/mol. The summed E-state index contributed by atoms with van der Waals surface area (Å²) in [6.07, 6.45) is 1.03. The fourth-order valence-electron chi connectivity index (χ4n) is 1.62. The lowest BCUT2D eigenvalue weighted by Gasteiger charge is -2.09. The maximum Gasteiger partial charge on any atom is 0.309 e. The second-order valence-electron chi connectivity index (χ2n) is 4.14. The third kappa shape index (κ3) is 3.93. The largest absolute Gasteiger partial charge is 0.481 e. The first-order valence-corrected chi connectivity index (χ1v) is 7.69. The molecule has 8 heteroatoms. The van der Waals surface area contributed by atoms with Crippen molar-refractivity contribution in [2.75, 3.05) is 4.72 Å². The van der Waals surface area contributed by atoms with Gasteiger partial charge in [0.15, 0.2) is 0 Å². The molecule has 2 rings (SSSR count). The van der Waals surface area contributed by atoms with Gasteiger partial charge in [-0.3, -0.25) is 14.5 Å². The van der Waals surface area contributed by atoms with Gasteiger partial charge in [-0.2, -0.15) is 0 Å². The number of nitrogens with zero attached hydrogens (tertiary/aromatic N) is 1. The van der Waals surface area contributed by atoms with Crippen molar-refractivity contribution in [2.45, 2.75) is 11.3 Å². The lowest BCUT2D eigenvalue weighted by molar-refractivity contribution is -0.136. The summed E-state index contributed by atoms with van der Waals surface area (Å²) < 4.78 is 26.7. The van der Waals surface area contributed by atoms with Crippen LogP contribution < -0.4 is 4.72 Å². The number of benzene rings is 1. The Morgan fingerprint density at radius 2 is 1.95 bits per heavy atom. The quantitative estimate of drug-likeness (QED) is 0.877. The molecule has 2 aromatic rings. The van der Waals surface area contributed by atoms with Gasteiger partial charge in [-0.25, -0.2) is 8.42 Å². The van der Waals surface area contributed by atoms with Gasteiger partial charge in [-0.1, -0.05) is 23.7 Å². The Morgan fingerprint density at radius 3 is 2.52 bits per heavy atom. The fourth-order valence-corrected chi connectivity index (χ4v) is 3.18. The van der Waals surface area contributed by atoms with Crippen LogP contribution in [0.25, 0.3) is 0 Å². The first-order valence-electron chi connectivity index (χ1n) is 5.82. The molecular weight excluding hydrogens is 316 g/mol. The van der Waals surface area contributed by atoms with Gasteiger partial charge in [-0.05, 0) is 24.3 Å². The number of carbonyl (C=O) groups is 1. The van der Waals surface area contributed by atoms with Gasteiger partial charge >= 0.3 is 5.97 Å². The summed E-state index contributed by atoms with van der Waals surface area (Å²) in [7, 11) is -3.82. The number of hydrogen-bond acceptors (Lipinski definition) is 4. The molecule has 0 saturated heterocycles. The molecule has 0 saturated carbocycles. The van der Waals surface area contributed by atoms with E-state index in [0.717, 1.165) is 0 Å². The van der Waals surface area contributed by atoms with Crippen LogP contribution in [0.1, 0.15) is 5.69 Å². The summed E-state index contributed by atoms with van der Waals surface area (Å²) in [6, 6.07) is 8.94. The number of anilines is 1. The zero-order valence-electron chi connectivity index (χ0n) is 10.7. The third-order valence-electron chi connectivity index (χ3n) is 2.54. The van der Waals surface area contributed by atoms with E-state index < -0.39 is 16.0 Å². The standard InChI is InChI=1S/C13H11ClN2O4S/c14-11-3-1-2-4-12(11)21(19,20)16-10-6-5-9(15-8-10)7-13(17)18/h1-6,8,16H,7H2,(H,17,18). The van der Waals surface area contributed by atoms with Crippen LogP contribution >= 0.6 is 11.6 Å². The number of rotatable bonds is 5. The number of carboxylic acid groups (broad SMARTS) is 1. The summed E-state index contributed by atoms with van der Waals surface area (Å²) in [4.78, 5) is 14.4. The Labute approximate surface area is 126 Å². The number of sulfonamides is 1. The van der Waals surface area contributed by atoms with Crippen LogP contribution in [0, 0.1) is 0 Å². The molecule has 110 valence electrons. The number of aliphatic carboxylic acids is 1. The second kappa shape index (κ2) is 6.11. The molecule has 0 unspecified atom stereocenters. The van der Waals surface area contributed by atoms with Gasteiger partial charge in [-0.15, -0.1) is 0 Å². The first-order chi connectivity index (χ1) is 9.88. The van der Waals surface area contributed by atoms with Crippen LogP contribution in [0.5, 0.6) is 0 Å². The van der Waals surface area contributed by atoms with Crippen LogP contribution in [0.2, 0.25) is 5.02 Å². The smallest absolute Gasteiger partial charge is 0.309 e. The number of nitrogens with one attached hydrogen (secondary N) is 1. The Bertz CT molecular complexity index is 760. The highest BCUT2D eigenvalue weighted by Gasteiger charge is 2.17. The van der Waals surface area contributed by atoms with Crippen molar-refractivity contribution in [3.05, 3.63) is 53.3 Å². The normalized spacial score (nSPS) is 11.1. The third-order valence-corrected chi connectivity index (χ3v) is 4.42. The second-order valence-corrected chi connectivity index (χ2v) is 6.20. The first kappa shape index (κ1) is 15.3. The van der Waals surface area contributed by atoms with Gasteiger partial charge in [0.1, 0.15) is 4.90 Å². The van der Waals surface area contributed by atoms with E-state index in [1.165, 1.54) is 30.5 Å². The number of carboxylic acids is 1. The fraction of sp³-hybridized carbons (Fsp3) is 0.0769. The predicted octanol–water partition coefficient (Wildman–Crippen LogP) is 2.16. The molecule has 0 atom stereocenters. The highest BCUT2D eigenvalue weighted by atomic mass is 35.5. The minimum atomic E-state index is -3.82. The number of halogens is 1. The molecule has 2 N–H and O–H groups in total. The lowest BCUT2D eigenvalue weighted by atomic mass is 10.3. The van der Waals surface area contributed by atoms with E-state index in [9.17, 15) is 13.2 Å². The minimum absolute atomic E-state index is 0.0405. The molecule has 21 heavy (non-hydrogen) atoms. The van der Waals surface area contributed by atoms with E-state index in [4.69, 9.17) is 16.7 Å². The van der Waals surface area contributed by atoms with E-state index in [0.29, 0.717) is 5.69 Å². The number of pyridine rings is 1. The van der Waals surface area contributed by atoms with E-state index in [-0.39, 0.29) is 22.0 Å². The van der Waals surface area contributed by atoms with Crippen LogP contribution in [0.15, 0.2) is 47.5 Å². The molecule has 0 amide bonds. The summed E-state index contributed by atoms with van der Waals surface area (Å²) >= 11 is 5.86. The Hall–Kier alpha value is -2.12. The zero-order valence-corrected chi connectivity index (χ0v) is 12.2. The molecule has 1 aromatic carbocycles. The van der Waals surface area contributed by atoms with Gasteiger partial charge in [0.05, 0.1) is 29.0 Å². The van der Waals surface area contributed by atoms with Crippen LogP contribution in [-0.2, 0) is 21.2 Å². The van der Waals surface area contributed by atoms with E-state index in [1.54, 1.807) is 12.1 Å². The minimum Gasteiger partial charge on any atom is -0.481 e. The number of aromatic nitrogens is 1. The van der Waals surface area contributed by atoms with E-state index in [1.807, 2.05) is 0 Å². The van der Waals surface area contributed by atoms with Crippen LogP contribution in [0.3, 0.4) is 0 Å². The highest BCUT2D eigenvalue weighted by molar-refractivity contribution is 7.92. The molecule has 1 aromatic heterocycles. The maximum atomic E-state index is 12.2. The van der Waals surface area contributed by atoms with Gasteiger partial charge in [0.2, 0.25) is 0 Å². The summed E-state index contributed by atoms with van der Waals surface area (Å²) in [5.74, 6) is -1.01. The van der Waals surface area contributed by atoms with Gasteiger partial charge < -0.3 is 5.11 Å². The lowest BCUT2D eigenvalue weighted by Crippen LogP contribution is -2.13. The molecule has 1 heterocycles. The molecular formula is C13H11ClN2O4S. The van der Waals surface area contributed by atoms with Crippen LogP contribution in [-0.4, -0.2) is 24.5 Å². The van der Waals surface area contributed by atoms with Crippen molar-refractivity contribution in [1.82, 2.24) is 4.98 Å². The molecule has 0 spiro atoms. The van der Waals surface area contributed by atoms with Crippen molar-refractivity contribution in [3.8, 4) is 0 Å². The summed E-state index contributed by atoms with van der Waals surface area (Å²) in [5, 5.41) is 8.75. The molecule has 0 bridgehead atoms. The Morgan fingerprint density at radius 1 is 1.24 bits per heavy atom. The molecule has 6 nitrogen and oxygen atoms in total. The van der Waals surface area contributed by atoms with Gasteiger partial charge in [0, 0.05) is 0 Å². The monoisotopic (exact) mass is 326 g/mol. The van der Waals surface area contributed by atoms with Crippen molar-refractivity contribution < 1.29 is 18.3 Å². The molecule has 0 aliphatic rings. The Kier molecular flexibility index (Phi) is 4.44. The Balaban J connectivity index is 2.21. The number of hydrogen-bond donors (Lipinski definition) is 2. The summed E-state index contributed by atoms with van der Waals surface area (Å²) in [5.41, 5.74) is 0.562. The molecule has 0 aliphatic carbocycles. The zero-order chi connectivity index (χ0) is 15.5. The molecule has 0 radical (unpaired) electrons. The molecule has 0 aliphatic heterocycles. The SMILES string of the molecule is O=C(O)Cc1ccc(NS(=O)(=O)c2ccccc2Cl)cn1. The topological polar surface area (TPSA) is 96.4 Å². The maximum absolute atomic E-state index is 12.2. The van der Waals surface area contributed by atoms with Crippen molar-refractivity contribution >= 4 is 33.3 Å². The van der Waals surface area contributed by atoms with Crippen LogP contribution in [0.4, 0.5) is 5.69 Å². The highest BCUT2D eigenvalue weighted by Crippen LogP contribution is 2.23. The van der Waals surface area contributed by atoms with Crippen molar-refractivity contribution in [3.63, 3.8) is 0 Å².